The first-order chi connectivity index (χ1) is 14.5. The Morgan fingerprint density at radius 1 is 1.23 bits per heavy atom. The molecule has 8 nitrogen and oxygen atoms in total. The number of ether oxygens (including phenoxy) is 1. The zero-order chi connectivity index (χ0) is 21.8. The molecule has 1 aliphatic heterocycles. The number of carbonyl (C=O) groups is 2. The molecule has 2 amide bonds. The molecule has 0 aliphatic carbocycles. The normalized spacial score (nSPS) is 17.5. The maximum Gasteiger partial charge on any atom is 0.269 e. The van der Waals surface area contributed by atoms with E-state index in [0.717, 1.165) is 39.1 Å². The van der Waals surface area contributed by atoms with E-state index in [1.807, 2.05) is 25.1 Å². The first-order valence-corrected chi connectivity index (χ1v) is 10.5. The van der Waals surface area contributed by atoms with Gasteiger partial charge < -0.3 is 21.1 Å². The van der Waals surface area contributed by atoms with Crippen molar-refractivity contribution in [2.75, 3.05) is 31.6 Å². The average molecular weight is 416 g/mol. The molecule has 1 heterocycles. The van der Waals surface area contributed by atoms with Crippen molar-refractivity contribution >= 4 is 23.7 Å². The molecule has 8 heteroatoms. The molecule has 2 atom stereocenters. The second-order valence-corrected chi connectivity index (χ2v) is 7.28. The molecule has 1 aliphatic rings. The number of nitrogens with one attached hydrogen (secondary N) is 2. The quantitative estimate of drug-likeness (QED) is 0.399. The van der Waals surface area contributed by atoms with Crippen LogP contribution < -0.4 is 16.4 Å². The van der Waals surface area contributed by atoms with Gasteiger partial charge in [-0.2, -0.15) is 0 Å². The molecule has 1 aromatic carbocycles. The summed E-state index contributed by atoms with van der Waals surface area (Å²) in [5, 5.41) is 5.63. The predicted octanol–water partition coefficient (Wildman–Crippen LogP) is 1.89. The van der Waals surface area contributed by atoms with Crippen molar-refractivity contribution in [1.82, 2.24) is 10.2 Å². The van der Waals surface area contributed by atoms with Crippen LogP contribution in [-0.2, 0) is 14.3 Å². The van der Waals surface area contributed by atoms with Gasteiger partial charge in [0.15, 0.2) is 0 Å². The number of para-hydroxylation sites is 1. The van der Waals surface area contributed by atoms with Crippen molar-refractivity contribution in [2.24, 2.45) is 10.7 Å². The second-order valence-electron chi connectivity index (χ2n) is 7.28. The standard InChI is InChI=1S/C22H33N5O3/c1-3-11-24-16-19(23)21(28)26-20(22(29)25-18-7-5-4-6-8-18)10-9-17(2)27-12-14-30-15-13-27/h4-8,11,16-17,20H,3,9-10,12-15,23H2,1-2H3,(H,25,29)(H,26,28)/b19-16-,24-11-/t17?,20-/m1/s1. The topological polar surface area (TPSA) is 109 Å². The molecule has 0 saturated carbocycles. The van der Waals surface area contributed by atoms with Crippen molar-refractivity contribution in [1.29, 1.82) is 0 Å². The number of anilines is 1. The highest BCUT2D eigenvalue weighted by Crippen LogP contribution is 2.13. The minimum absolute atomic E-state index is 0.0292. The van der Waals surface area contributed by atoms with Gasteiger partial charge in [0.25, 0.3) is 5.91 Å². The summed E-state index contributed by atoms with van der Waals surface area (Å²) in [5.41, 5.74) is 6.46. The number of morpholine rings is 1. The summed E-state index contributed by atoms with van der Waals surface area (Å²) in [6.07, 6.45) is 4.96. The van der Waals surface area contributed by atoms with Gasteiger partial charge in [0.05, 0.1) is 19.4 Å². The third-order valence-corrected chi connectivity index (χ3v) is 4.97. The van der Waals surface area contributed by atoms with Crippen LogP contribution in [0.15, 0.2) is 47.2 Å². The maximum absolute atomic E-state index is 12.9. The van der Waals surface area contributed by atoms with Gasteiger partial charge in [-0.15, -0.1) is 0 Å². The lowest BCUT2D eigenvalue weighted by Gasteiger charge is -2.33. The fourth-order valence-electron chi connectivity index (χ4n) is 3.17. The summed E-state index contributed by atoms with van der Waals surface area (Å²) in [4.78, 5) is 31.6. The SMILES string of the molecule is CC/C=N\C=C(/N)C(=O)N[C@H](CCC(C)N1CCOCC1)C(=O)Nc1ccccc1. The van der Waals surface area contributed by atoms with Gasteiger partial charge in [0.2, 0.25) is 5.91 Å². The molecular formula is C22H33N5O3. The van der Waals surface area contributed by atoms with Gasteiger partial charge >= 0.3 is 0 Å². The van der Waals surface area contributed by atoms with E-state index in [-0.39, 0.29) is 17.6 Å². The third-order valence-electron chi connectivity index (χ3n) is 4.97. The smallest absolute Gasteiger partial charge is 0.269 e. The lowest BCUT2D eigenvalue weighted by molar-refractivity contribution is -0.124. The number of nitrogens with two attached hydrogens (primary N) is 1. The third kappa shape index (κ3) is 7.96. The summed E-state index contributed by atoms with van der Waals surface area (Å²) in [6.45, 7) is 7.26. The summed E-state index contributed by atoms with van der Waals surface area (Å²) in [6, 6.07) is 8.75. The Hall–Kier alpha value is -2.71. The number of amides is 2. The molecule has 30 heavy (non-hydrogen) atoms. The Morgan fingerprint density at radius 3 is 2.60 bits per heavy atom. The van der Waals surface area contributed by atoms with E-state index in [4.69, 9.17) is 10.5 Å². The Morgan fingerprint density at radius 2 is 1.93 bits per heavy atom. The van der Waals surface area contributed by atoms with Crippen LogP contribution in [0, 0.1) is 0 Å². The van der Waals surface area contributed by atoms with Crippen molar-refractivity contribution in [3.63, 3.8) is 0 Å². The minimum atomic E-state index is -0.705. The lowest BCUT2D eigenvalue weighted by atomic mass is 10.0. The van der Waals surface area contributed by atoms with Gasteiger partial charge in [0.1, 0.15) is 11.7 Å². The van der Waals surface area contributed by atoms with Crippen molar-refractivity contribution in [2.45, 2.75) is 45.2 Å². The monoisotopic (exact) mass is 415 g/mol. The van der Waals surface area contributed by atoms with Crippen LogP contribution in [-0.4, -0.2) is 61.3 Å². The Labute approximate surface area is 178 Å². The van der Waals surface area contributed by atoms with Crippen LogP contribution in [0.2, 0.25) is 0 Å². The average Bonchev–Trinajstić information content (AvgIpc) is 2.77. The highest BCUT2D eigenvalue weighted by Gasteiger charge is 2.24. The molecule has 0 spiro atoms. The van der Waals surface area contributed by atoms with Crippen LogP contribution in [0.4, 0.5) is 5.69 Å². The number of carbonyl (C=O) groups excluding carboxylic acids is 2. The second kappa shape index (κ2) is 12.8. The van der Waals surface area contributed by atoms with E-state index in [0.29, 0.717) is 12.1 Å². The summed E-state index contributed by atoms with van der Waals surface area (Å²) < 4.78 is 5.40. The van der Waals surface area contributed by atoms with Crippen molar-refractivity contribution < 1.29 is 14.3 Å². The van der Waals surface area contributed by atoms with Gasteiger partial charge in [0, 0.05) is 31.0 Å². The van der Waals surface area contributed by atoms with Crippen LogP contribution in [0.3, 0.4) is 0 Å². The van der Waals surface area contributed by atoms with Crippen molar-refractivity contribution in [3.8, 4) is 0 Å². The summed E-state index contributed by atoms with van der Waals surface area (Å²) in [7, 11) is 0. The molecular weight excluding hydrogens is 382 g/mol. The first-order valence-electron chi connectivity index (χ1n) is 10.5. The van der Waals surface area contributed by atoms with Gasteiger partial charge in [-0.25, -0.2) is 0 Å². The van der Waals surface area contributed by atoms with E-state index in [1.54, 1.807) is 18.3 Å². The minimum Gasteiger partial charge on any atom is -0.393 e. The molecule has 0 radical (unpaired) electrons. The zero-order valence-corrected chi connectivity index (χ0v) is 17.8. The Kier molecular flexibility index (Phi) is 10.0. The first kappa shape index (κ1) is 23.6. The molecule has 164 valence electrons. The van der Waals surface area contributed by atoms with Crippen LogP contribution >= 0.6 is 0 Å². The van der Waals surface area contributed by atoms with Gasteiger partial charge in [-0.1, -0.05) is 25.1 Å². The highest BCUT2D eigenvalue weighted by atomic mass is 16.5. The number of hydrogen-bond donors (Lipinski definition) is 3. The molecule has 4 N–H and O–H groups in total. The Bertz CT molecular complexity index is 730. The van der Waals surface area contributed by atoms with Crippen molar-refractivity contribution in [3.05, 3.63) is 42.2 Å². The van der Waals surface area contributed by atoms with E-state index >= 15 is 0 Å². The number of aliphatic imine (C=N–C) groups is 1. The fraction of sp³-hybridized carbons (Fsp3) is 0.500. The largest absolute Gasteiger partial charge is 0.393 e. The summed E-state index contributed by atoms with van der Waals surface area (Å²) >= 11 is 0. The highest BCUT2D eigenvalue weighted by molar-refractivity contribution is 6.00. The molecule has 1 fully saturated rings. The molecule has 0 aromatic heterocycles. The van der Waals surface area contributed by atoms with E-state index in [9.17, 15) is 9.59 Å². The maximum atomic E-state index is 12.9. The van der Waals surface area contributed by atoms with E-state index in [1.165, 1.54) is 6.20 Å². The van der Waals surface area contributed by atoms with Gasteiger partial charge in [-0.3, -0.25) is 19.5 Å². The predicted molar refractivity (Wildman–Crippen MR) is 119 cm³/mol. The van der Waals surface area contributed by atoms with Crippen LogP contribution in [0.1, 0.15) is 33.1 Å². The fourth-order valence-corrected chi connectivity index (χ4v) is 3.17. The van der Waals surface area contributed by atoms with Gasteiger partial charge in [-0.05, 0) is 38.3 Å². The molecule has 1 unspecified atom stereocenters. The number of benzene rings is 1. The van der Waals surface area contributed by atoms with E-state index in [2.05, 4.69) is 27.4 Å². The van der Waals surface area contributed by atoms with Crippen LogP contribution in [0.25, 0.3) is 0 Å². The van der Waals surface area contributed by atoms with Crippen LogP contribution in [0.5, 0.6) is 0 Å². The molecule has 1 aromatic rings. The molecule has 1 saturated heterocycles. The number of rotatable bonds is 10. The van der Waals surface area contributed by atoms with E-state index < -0.39 is 11.9 Å². The molecule has 0 bridgehead atoms. The molecule has 2 rings (SSSR count). The lowest BCUT2D eigenvalue weighted by Crippen LogP contribution is -2.47. The Balaban J connectivity index is 2.02. The summed E-state index contributed by atoms with van der Waals surface area (Å²) in [5.74, 6) is -0.774. The number of hydrogen-bond acceptors (Lipinski definition) is 6. The zero-order valence-electron chi connectivity index (χ0n) is 17.8. The number of nitrogens with zero attached hydrogens (tertiary/aromatic N) is 2.